The van der Waals surface area contributed by atoms with Crippen LogP contribution >= 0.6 is 11.6 Å². The van der Waals surface area contributed by atoms with Gasteiger partial charge in [0, 0.05) is 32.3 Å². The van der Waals surface area contributed by atoms with Crippen LogP contribution in [0.25, 0.3) is 6.08 Å². The summed E-state index contributed by atoms with van der Waals surface area (Å²) in [5.41, 5.74) is 1.50. The molecule has 1 N–H and O–H groups in total. The van der Waals surface area contributed by atoms with E-state index in [0.717, 1.165) is 11.3 Å². The molecular formula is C12H18ClN3O2. The molecule has 0 fully saturated rings. The summed E-state index contributed by atoms with van der Waals surface area (Å²) in [7, 11) is 3.38. The number of aryl methyl sites for hydroxylation is 2. The van der Waals surface area contributed by atoms with Gasteiger partial charge in [-0.2, -0.15) is 5.10 Å². The Hall–Kier alpha value is -1.33. The maximum Gasteiger partial charge on any atom is 0.246 e. The zero-order chi connectivity index (χ0) is 13.9. The summed E-state index contributed by atoms with van der Waals surface area (Å²) in [6.07, 6.45) is 2.53. The molecule has 18 heavy (non-hydrogen) atoms. The standard InChI is InChI=1S/C12H18ClN3O2/c1-8(17)7-15(3)11(18)6-5-10-9(2)14-16(4)12(10)13/h5-6,8,17H,7H2,1-4H3. The zero-order valence-electron chi connectivity index (χ0n) is 11.0. The fourth-order valence-corrected chi connectivity index (χ4v) is 1.84. The fourth-order valence-electron chi connectivity index (χ4n) is 1.60. The SMILES string of the molecule is Cc1nn(C)c(Cl)c1C=CC(=O)N(C)CC(C)O. The number of amides is 1. The lowest BCUT2D eigenvalue weighted by Gasteiger charge is -2.16. The van der Waals surface area contributed by atoms with Gasteiger partial charge in [0.2, 0.25) is 5.91 Å². The highest BCUT2D eigenvalue weighted by Gasteiger charge is 2.10. The van der Waals surface area contributed by atoms with E-state index in [9.17, 15) is 9.90 Å². The monoisotopic (exact) mass is 271 g/mol. The van der Waals surface area contributed by atoms with E-state index in [2.05, 4.69) is 5.10 Å². The van der Waals surface area contributed by atoms with Crippen molar-refractivity contribution in [3.05, 3.63) is 22.5 Å². The number of likely N-dealkylation sites (N-methyl/N-ethyl adjacent to an activating group) is 1. The number of carbonyl (C=O) groups excluding carboxylic acids is 1. The molecule has 1 aromatic rings. The third-order valence-corrected chi connectivity index (χ3v) is 2.95. The molecule has 1 unspecified atom stereocenters. The van der Waals surface area contributed by atoms with Crippen LogP contribution in [0, 0.1) is 6.92 Å². The number of rotatable bonds is 4. The Labute approximate surface area is 112 Å². The lowest BCUT2D eigenvalue weighted by Crippen LogP contribution is -2.31. The maximum atomic E-state index is 11.7. The van der Waals surface area contributed by atoms with Gasteiger partial charge in [-0.1, -0.05) is 11.6 Å². The van der Waals surface area contributed by atoms with Gasteiger partial charge in [0.25, 0.3) is 0 Å². The van der Waals surface area contributed by atoms with Crippen molar-refractivity contribution >= 4 is 23.6 Å². The molecule has 1 atom stereocenters. The Balaban J connectivity index is 2.78. The minimum atomic E-state index is -0.545. The van der Waals surface area contributed by atoms with Gasteiger partial charge in [-0.25, -0.2) is 0 Å². The molecule has 6 heteroatoms. The van der Waals surface area contributed by atoms with Crippen molar-refractivity contribution in [3.63, 3.8) is 0 Å². The molecule has 0 spiro atoms. The van der Waals surface area contributed by atoms with E-state index in [-0.39, 0.29) is 5.91 Å². The Bertz CT molecular complexity index is 466. The Morgan fingerprint density at radius 2 is 2.28 bits per heavy atom. The van der Waals surface area contributed by atoms with Crippen LogP contribution in [0.3, 0.4) is 0 Å². The quantitative estimate of drug-likeness (QED) is 0.838. The van der Waals surface area contributed by atoms with E-state index >= 15 is 0 Å². The van der Waals surface area contributed by atoms with E-state index in [1.54, 1.807) is 31.8 Å². The van der Waals surface area contributed by atoms with Crippen molar-refractivity contribution in [1.82, 2.24) is 14.7 Å². The molecule has 0 aliphatic carbocycles. The Morgan fingerprint density at radius 1 is 1.67 bits per heavy atom. The largest absolute Gasteiger partial charge is 0.392 e. The molecule has 5 nitrogen and oxygen atoms in total. The minimum absolute atomic E-state index is 0.185. The number of halogens is 1. The van der Waals surface area contributed by atoms with Crippen molar-refractivity contribution in [3.8, 4) is 0 Å². The molecule has 0 bridgehead atoms. The summed E-state index contributed by atoms with van der Waals surface area (Å²) >= 11 is 6.05. The van der Waals surface area contributed by atoms with Gasteiger partial charge in [0.15, 0.2) is 0 Å². The Morgan fingerprint density at radius 3 is 2.72 bits per heavy atom. The van der Waals surface area contributed by atoms with E-state index in [0.29, 0.717) is 11.7 Å². The van der Waals surface area contributed by atoms with E-state index < -0.39 is 6.10 Å². The molecule has 1 rings (SSSR count). The average molecular weight is 272 g/mol. The van der Waals surface area contributed by atoms with Crippen LogP contribution in [0.5, 0.6) is 0 Å². The van der Waals surface area contributed by atoms with Gasteiger partial charge in [-0.05, 0) is 19.9 Å². The second-order valence-electron chi connectivity index (χ2n) is 4.31. The molecule has 100 valence electrons. The minimum Gasteiger partial charge on any atom is -0.392 e. The number of hydrogen-bond acceptors (Lipinski definition) is 3. The third-order valence-electron chi connectivity index (χ3n) is 2.50. The van der Waals surface area contributed by atoms with Crippen LogP contribution in [-0.4, -0.2) is 45.4 Å². The van der Waals surface area contributed by atoms with Gasteiger partial charge >= 0.3 is 0 Å². The second kappa shape index (κ2) is 6.02. The summed E-state index contributed by atoms with van der Waals surface area (Å²) in [5.74, 6) is -0.185. The first-order valence-electron chi connectivity index (χ1n) is 5.63. The van der Waals surface area contributed by atoms with E-state index in [1.165, 1.54) is 11.0 Å². The third kappa shape index (κ3) is 3.58. The Kier molecular flexibility index (Phi) is 4.93. The topological polar surface area (TPSA) is 58.4 Å². The number of aliphatic hydroxyl groups is 1. The lowest BCUT2D eigenvalue weighted by molar-refractivity contribution is -0.125. The highest BCUT2D eigenvalue weighted by molar-refractivity contribution is 6.31. The van der Waals surface area contributed by atoms with Crippen LogP contribution in [0.4, 0.5) is 0 Å². The molecule has 0 saturated heterocycles. The molecular weight excluding hydrogens is 254 g/mol. The van der Waals surface area contributed by atoms with Crippen molar-refractivity contribution in [2.24, 2.45) is 7.05 Å². The number of carbonyl (C=O) groups is 1. The van der Waals surface area contributed by atoms with Gasteiger partial charge < -0.3 is 10.0 Å². The van der Waals surface area contributed by atoms with Crippen molar-refractivity contribution in [1.29, 1.82) is 0 Å². The molecule has 1 heterocycles. The van der Waals surface area contributed by atoms with Gasteiger partial charge in [-0.15, -0.1) is 0 Å². The predicted molar refractivity (Wildman–Crippen MR) is 71.3 cm³/mol. The first-order valence-corrected chi connectivity index (χ1v) is 6.01. The van der Waals surface area contributed by atoms with Crippen LogP contribution < -0.4 is 0 Å². The number of hydrogen-bond donors (Lipinski definition) is 1. The maximum absolute atomic E-state index is 11.7. The summed E-state index contributed by atoms with van der Waals surface area (Å²) in [5, 5.41) is 13.8. The summed E-state index contributed by atoms with van der Waals surface area (Å²) in [4.78, 5) is 13.2. The highest BCUT2D eigenvalue weighted by atomic mass is 35.5. The average Bonchev–Trinajstić information content (AvgIpc) is 2.49. The van der Waals surface area contributed by atoms with Gasteiger partial charge in [0.05, 0.1) is 11.8 Å². The van der Waals surface area contributed by atoms with E-state index in [1.807, 2.05) is 6.92 Å². The lowest BCUT2D eigenvalue weighted by atomic mass is 10.2. The molecule has 0 aliphatic rings. The molecule has 0 radical (unpaired) electrons. The van der Waals surface area contributed by atoms with E-state index in [4.69, 9.17) is 11.6 Å². The first kappa shape index (κ1) is 14.7. The number of nitrogens with zero attached hydrogens (tertiary/aromatic N) is 3. The van der Waals surface area contributed by atoms with Crippen LogP contribution in [0.1, 0.15) is 18.2 Å². The zero-order valence-corrected chi connectivity index (χ0v) is 11.8. The predicted octanol–water partition coefficient (Wildman–Crippen LogP) is 1.23. The first-order chi connectivity index (χ1) is 8.32. The number of aliphatic hydroxyl groups excluding tert-OH is 1. The molecule has 1 aromatic heterocycles. The molecule has 1 amide bonds. The van der Waals surface area contributed by atoms with Crippen molar-refractivity contribution in [2.75, 3.05) is 13.6 Å². The van der Waals surface area contributed by atoms with Crippen LogP contribution in [0.15, 0.2) is 6.08 Å². The normalized spacial score (nSPS) is 13.0. The number of aromatic nitrogens is 2. The molecule has 0 aliphatic heterocycles. The molecule has 0 aromatic carbocycles. The van der Waals surface area contributed by atoms with Crippen LogP contribution in [0.2, 0.25) is 5.15 Å². The fraction of sp³-hybridized carbons (Fsp3) is 0.500. The van der Waals surface area contributed by atoms with Crippen molar-refractivity contribution < 1.29 is 9.90 Å². The summed E-state index contributed by atoms with van der Waals surface area (Å²) < 4.78 is 1.56. The van der Waals surface area contributed by atoms with Gasteiger partial charge in [0.1, 0.15) is 5.15 Å². The summed E-state index contributed by atoms with van der Waals surface area (Å²) in [6.45, 7) is 3.76. The molecule has 0 saturated carbocycles. The second-order valence-corrected chi connectivity index (χ2v) is 4.67. The summed E-state index contributed by atoms with van der Waals surface area (Å²) in [6, 6.07) is 0. The van der Waals surface area contributed by atoms with Gasteiger partial charge in [-0.3, -0.25) is 9.48 Å². The smallest absolute Gasteiger partial charge is 0.246 e. The van der Waals surface area contributed by atoms with Crippen molar-refractivity contribution in [2.45, 2.75) is 20.0 Å². The highest BCUT2D eigenvalue weighted by Crippen LogP contribution is 2.19. The van der Waals surface area contributed by atoms with Crippen LogP contribution in [-0.2, 0) is 11.8 Å².